The number of pyridine rings is 1. The molecule has 4 atom stereocenters. The van der Waals surface area contributed by atoms with Gasteiger partial charge in [0.25, 0.3) is 0 Å². The normalized spacial score (nSPS) is 17.9. The van der Waals surface area contributed by atoms with Gasteiger partial charge in [-0.1, -0.05) is 30.3 Å². The van der Waals surface area contributed by atoms with Crippen LogP contribution in [-0.2, 0) is 28.2 Å². The number of aromatic nitrogens is 1. The van der Waals surface area contributed by atoms with Crippen molar-refractivity contribution in [2.24, 2.45) is 0 Å². The molecule has 2 aromatic carbocycles. The van der Waals surface area contributed by atoms with Crippen LogP contribution < -0.4 is 10.1 Å². The molecular formula is C37H48N2O8. The molecule has 254 valence electrons. The van der Waals surface area contributed by atoms with Crippen LogP contribution in [0.5, 0.6) is 5.75 Å². The van der Waals surface area contributed by atoms with E-state index in [1.807, 2.05) is 30.6 Å². The number of para-hydroxylation sites is 1. The number of carbonyl (C=O) groups is 1. The van der Waals surface area contributed by atoms with Gasteiger partial charge in [-0.2, -0.15) is 0 Å². The highest BCUT2D eigenvalue weighted by atomic mass is 16.5. The lowest BCUT2D eigenvalue weighted by Gasteiger charge is -2.25. The minimum Gasteiger partial charge on any atom is -0.490 e. The fourth-order valence-corrected chi connectivity index (χ4v) is 5.92. The lowest BCUT2D eigenvalue weighted by molar-refractivity contribution is -0.126. The van der Waals surface area contributed by atoms with Gasteiger partial charge >= 0.3 is 0 Å². The number of carbonyl (C=O) groups excluding carboxylic acids is 1. The molecule has 2 saturated carbocycles. The second-order valence-corrected chi connectivity index (χ2v) is 13.0. The molecule has 47 heavy (non-hydrogen) atoms. The van der Waals surface area contributed by atoms with Crippen molar-refractivity contribution in [3.05, 3.63) is 82.7 Å². The fraction of sp³-hybridized carbons (Fsp3) is 0.514. The van der Waals surface area contributed by atoms with Crippen molar-refractivity contribution in [2.75, 3.05) is 13.2 Å². The van der Waals surface area contributed by atoms with Crippen LogP contribution in [-0.4, -0.2) is 80.1 Å². The highest BCUT2D eigenvalue weighted by Crippen LogP contribution is 2.53. The number of aliphatic hydroxyl groups is 5. The Hall–Kier alpha value is -3.38. The smallest absolute Gasteiger partial charge is 0.220 e. The van der Waals surface area contributed by atoms with Crippen LogP contribution in [0.4, 0.5) is 0 Å². The number of aryl methyl sites for hydroxylation is 3. The molecule has 5 rings (SSSR count). The summed E-state index contributed by atoms with van der Waals surface area (Å²) in [5, 5.41) is 50.4. The number of nitrogens with zero attached hydrogens (tertiary/aromatic N) is 1. The number of aliphatic hydroxyl groups excluding tert-OH is 5. The Morgan fingerprint density at radius 2 is 1.66 bits per heavy atom. The third kappa shape index (κ3) is 8.95. The SMILES string of the molecule is Cc1cc(COC2(c3cnccc3-c3ccccc3OC3CC3)CC2)c(C)cc1CCCCC(=O)NC[C@H](O)[C@@H](O)[C@H](O)[C@H](O)CO. The lowest BCUT2D eigenvalue weighted by Crippen LogP contribution is -2.49. The maximum atomic E-state index is 12.3. The molecule has 6 N–H and O–H groups in total. The molecule has 0 saturated heterocycles. The van der Waals surface area contributed by atoms with Crippen molar-refractivity contribution in [3.63, 3.8) is 0 Å². The number of ether oxygens (including phenoxy) is 2. The summed E-state index contributed by atoms with van der Waals surface area (Å²) in [5.74, 6) is 0.630. The number of rotatable bonds is 18. The highest BCUT2D eigenvalue weighted by molar-refractivity contribution is 5.76. The number of nitrogens with one attached hydrogen (secondary N) is 1. The zero-order valence-electron chi connectivity index (χ0n) is 27.3. The molecule has 3 aromatic rings. The van der Waals surface area contributed by atoms with Gasteiger partial charge in [0.1, 0.15) is 24.1 Å². The average molecular weight is 649 g/mol. The van der Waals surface area contributed by atoms with E-state index in [4.69, 9.17) is 14.6 Å². The third-order valence-electron chi connectivity index (χ3n) is 9.24. The zero-order chi connectivity index (χ0) is 33.6. The average Bonchev–Trinajstić information content (AvgIpc) is 4.03. The summed E-state index contributed by atoms with van der Waals surface area (Å²) < 4.78 is 12.9. The number of amides is 1. The van der Waals surface area contributed by atoms with Gasteiger partial charge < -0.3 is 40.3 Å². The van der Waals surface area contributed by atoms with Gasteiger partial charge in [0.15, 0.2) is 0 Å². The predicted molar refractivity (Wildman–Crippen MR) is 177 cm³/mol. The Balaban J connectivity index is 1.12. The van der Waals surface area contributed by atoms with Crippen molar-refractivity contribution >= 4 is 5.91 Å². The van der Waals surface area contributed by atoms with Crippen molar-refractivity contribution < 1.29 is 39.8 Å². The van der Waals surface area contributed by atoms with Gasteiger partial charge in [0.2, 0.25) is 5.91 Å². The van der Waals surface area contributed by atoms with E-state index >= 15 is 0 Å². The Morgan fingerprint density at radius 1 is 0.957 bits per heavy atom. The fourth-order valence-electron chi connectivity index (χ4n) is 5.92. The summed E-state index contributed by atoms with van der Waals surface area (Å²) in [7, 11) is 0. The van der Waals surface area contributed by atoms with Gasteiger partial charge in [-0.05, 0) is 98.7 Å². The maximum Gasteiger partial charge on any atom is 0.220 e. The summed E-state index contributed by atoms with van der Waals surface area (Å²) in [4.78, 5) is 16.7. The molecular weight excluding hydrogens is 600 g/mol. The minimum absolute atomic E-state index is 0.254. The monoisotopic (exact) mass is 648 g/mol. The lowest BCUT2D eigenvalue weighted by atomic mass is 9.95. The molecule has 10 heteroatoms. The standard InChI is InChI=1S/C37H48N2O8/c1-23-18-26(24(2)17-25(23)7-3-6-10-34(43)39-20-31(41)35(44)36(45)32(42)21-40)22-46-37(14-15-37)30-19-38-16-13-28(30)29-8-4-5-9-33(29)47-27-11-12-27/h4-5,8-9,13,16-19,27,31-32,35-36,40-42,44-45H,3,6-7,10-12,14-15,20-22H2,1-2H3,(H,39,43)/t31-,32+,35+,36+/m0/s1. The summed E-state index contributed by atoms with van der Waals surface area (Å²) in [6.45, 7) is 3.67. The van der Waals surface area contributed by atoms with Crippen LogP contribution in [0.1, 0.15) is 72.8 Å². The summed E-state index contributed by atoms with van der Waals surface area (Å²) in [5.41, 5.74) is 7.63. The molecule has 0 aliphatic heterocycles. The molecule has 2 aliphatic carbocycles. The molecule has 0 spiro atoms. The Morgan fingerprint density at radius 3 is 2.38 bits per heavy atom. The van der Waals surface area contributed by atoms with E-state index in [9.17, 15) is 25.2 Å². The van der Waals surface area contributed by atoms with E-state index in [0.717, 1.165) is 72.1 Å². The Kier molecular flexibility index (Phi) is 11.7. The molecule has 2 fully saturated rings. The Labute approximate surface area is 276 Å². The van der Waals surface area contributed by atoms with Gasteiger partial charge in [-0.15, -0.1) is 0 Å². The van der Waals surface area contributed by atoms with Crippen molar-refractivity contribution in [3.8, 4) is 16.9 Å². The minimum atomic E-state index is -1.72. The molecule has 0 bridgehead atoms. The first-order valence-electron chi connectivity index (χ1n) is 16.6. The van der Waals surface area contributed by atoms with E-state index < -0.39 is 31.0 Å². The van der Waals surface area contributed by atoms with Crippen molar-refractivity contribution in [1.29, 1.82) is 0 Å². The highest BCUT2D eigenvalue weighted by Gasteiger charge is 2.47. The van der Waals surface area contributed by atoms with Crippen LogP contribution in [0, 0.1) is 13.8 Å². The topological polar surface area (TPSA) is 162 Å². The van der Waals surface area contributed by atoms with Crippen molar-refractivity contribution in [2.45, 2.75) is 108 Å². The van der Waals surface area contributed by atoms with Gasteiger partial charge in [-0.25, -0.2) is 0 Å². The predicted octanol–water partition coefficient (Wildman–Crippen LogP) is 3.38. The van der Waals surface area contributed by atoms with Crippen molar-refractivity contribution in [1.82, 2.24) is 10.3 Å². The Bertz CT molecular complexity index is 1510. The molecule has 1 heterocycles. The van der Waals surface area contributed by atoms with Gasteiger partial charge in [0, 0.05) is 36.5 Å². The quantitative estimate of drug-likeness (QED) is 0.114. The maximum absolute atomic E-state index is 12.3. The first-order valence-corrected chi connectivity index (χ1v) is 16.6. The first-order chi connectivity index (χ1) is 22.6. The molecule has 0 unspecified atom stereocenters. The van der Waals surface area contributed by atoms with Crippen LogP contribution in [0.15, 0.2) is 54.9 Å². The van der Waals surface area contributed by atoms with Gasteiger partial charge in [0.05, 0.1) is 31.0 Å². The van der Waals surface area contributed by atoms with E-state index in [2.05, 4.69) is 48.4 Å². The summed E-state index contributed by atoms with van der Waals surface area (Å²) in [6.07, 6.45) is 4.20. The second-order valence-electron chi connectivity index (χ2n) is 13.0. The van der Waals surface area contributed by atoms with Gasteiger partial charge in [-0.3, -0.25) is 9.78 Å². The summed E-state index contributed by atoms with van der Waals surface area (Å²) in [6, 6.07) is 14.7. The van der Waals surface area contributed by atoms with Crippen LogP contribution >= 0.6 is 0 Å². The second kappa shape index (κ2) is 15.7. The number of hydrogen-bond acceptors (Lipinski definition) is 9. The molecule has 1 aromatic heterocycles. The number of benzene rings is 2. The van der Waals surface area contributed by atoms with Crippen LogP contribution in [0.2, 0.25) is 0 Å². The largest absolute Gasteiger partial charge is 0.490 e. The van der Waals surface area contributed by atoms with Crippen LogP contribution in [0.3, 0.4) is 0 Å². The first kappa shape index (κ1) is 34.9. The molecule has 10 nitrogen and oxygen atoms in total. The molecule has 1 amide bonds. The van der Waals surface area contributed by atoms with Crippen LogP contribution in [0.25, 0.3) is 11.1 Å². The molecule has 2 aliphatic rings. The van der Waals surface area contributed by atoms with E-state index in [-0.39, 0.29) is 24.5 Å². The van der Waals surface area contributed by atoms with E-state index in [1.54, 1.807) is 0 Å². The summed E-state index contributed by atoms with van der Waals surface area (Å²) >= 11 is 0. The molecule has 0 radical (unpaired) electrons. The van der Waals surface area contributed by atoms with E-state index in [1.165, 1.54) is 11.1 Å². The van der Waals surface area contributed by atoms with E-state index in [0.29, 0.717) is 19.1 Å². The number of unbranched alkanes of at least 4 members (excludes halogenated alkanes) is 1. The third-order valence-corrected chi connectivity index (χ3v) is 9.24. The zero-order valence-corrected chi connectivity index (χ0v) is 27.3. The number of hydrogen-bond donors (Lipinski definition) is 6.